The van der Waals surface area contributed by atoms with Crippen LogP contribution in [0.5, 0.6) is 0 Å². The molecule has 2 heterocycles. The van der Waals surface area contributed by atoms with Crippen molar-refractivity contribution in [2.45, 2.75) is 6.92 Å². The van der Waals surface area contributed by atoms with Crippen LogP contribution in [0.3, 0.4) is 0 Å². The normalized spacial score (nSPS) is 17.1. The van der Waals surface area contributed by atoms with Gasteiger partial charge in [0.15, 0.2) is 5.78 Å². The number of piperazine rings is 1. The first-order valence-electron chi connectivity index (χ1n) is 6.72. The lowest BCUT2D eigenvalue weighted by Crippen LogP contribution is -2.45. The van der Waals surface area contributed by atoms with Gasteiger partial charge in [-0.05, 0) is 20.0 Å². The van der Waals surface area contributed by atoms with Gasteiger partial charge in [-0.3, -0.25) is 4.79 Å². The number of hydrogen-bond acceptors (Lipinski definition) is 3. The minimum absolute atomic E-state index is 0.131. The molecular formula is C15H19N3O. The Labute approximate surface area is 113 Å². The molecule has 1 aromatic heterocycles. The fourth-order valence-corrected chi connectivity index (χ4v) is 2.75. The molecule has 2 aromatic rings. The number of hydrogen-bond donors (Lipinski definition) is 1. The topological polar surface area (TPSA) is 39.3 Å². The number of aromatic amines is 1. The van der Waals surface area contributed by atoms with Crippen molar-refractivity contribution in [3.05, 3.63) is 29.8 Å². The average Bonchev–Trinajstić information content (AvgIpc) is 2.78. The van der Waals surface area contributed by atoms with E-state index in [1.54, 1.807) is 6.92 Å². The number of H-pyrrole nitrogens is 1. The van der Waals surface area contributed by atoms with Gasteiger partial charge in [-0.25, -0.2) is 0 Å². The van der Waals surface area contributed by atoms with Gasteiger partial charge in [-0.2, -0.15) is 0 Å². The van der Waals surface area contributed by atoms with E-state index in [0.29, 0.717) is 0 Å². The summed E-state index contributed by atoms with van der Waals surface area (Å²) < 4.78 is 0. The molecule has 3 rings (SSSR count). The second-order valence-electron chi connectivity index (χ2n) is 5.24. The van der Waals surface area contributed by atoms with Crippen LogP contribution in [-0.4, -0.2) is 48.9 Å². The van der Waals surface area contributed by atoms with Gasteiger partial charge in [0, 0.05) is 37.1 Å². The van der Waals surface area contributed by atoms with Gasteiger partial charge in [0.1, 0.15) is 5.82 Å². The zero-order valence-electron chi connectivity index (χ0n) is 11.4. The molecule has 1 N–H and O–H groups in total. The number of carbonyl (C=O) groups is 1. The fourth-order valence-electron chi connectivity index (χ4n) is 2.75. The quantitative estimate of drug-likeness (QED) is 0.838. The number of fused-ring (bicyclic) bond motifs is 1. The largest absolute Gasteiger partial charge is 0.355 e. The summed E-state index contributed by atoms with van der Waals surface area (Å²) >= 11 is 0. The average molecular weight is 257 g/mol. The minimum atomic E-state index is 0.131. The molecule has 1 saturated heterocycles. The van der Waals surface area contributed by atoms with Gasteiger partial charge in [0.2, 0.25) is 0 Å². The number of aromatic nitrogens is 1. The highest BCUT2D eigenvalue weighted by Gasteiger charge is 2.22. The van der Waals surface area contributed by atoms with E-state index in [9.17, 15) is 4.79 Å². The molecule has 0 saturated carbocycles. The standard InChI is InChI=1S/C15H19N3O/c1-11(19)14-12-5-3-4-6-13(12)16-15(14)18-9-7-17(2)8-10-18/h3-6,16H,7-10H2,1-2H3. The predicted molar refractivity (Wildman–Crippen MR) is 78.0 cm³/mol. The number of rotatable bonds is 2. The van der Waals surface area contributed by atoms with Gasteiger partial charge in [-0.15, -0.1) is 0 Å². The van der Waals surface area contributed by atoms with E-state index in [4.69, 9.17) is 0 Å². The summed E-state index contributed by atoms with van der Waals surface area (Å²) in [7, 11) is 2.13. The van der Waals surface area contributed by atoms with Gasteiger partial charge in [0.05, 0.1) is 5.56 Å². The second kappa shape index (κ2) is 4.70. The van der Waals surface area contributed by atoms with Crippen LogP contribution >= 0.6 is 0 Å². The van der Waals surface area contributed by atoms with Crippen molar-refractivity contribution in [2.75, 3.05) is 38.1 Å². The Balaban J connectivity index is 2.07. The molecule has 1 aromatic carbocycles. The van der Waals surface area contributed by atoms with E-state index >= 15 is 0 Å². The molecule has 0 aliphatic carbocycles. The summed E-state index contributed by atoms with van der Waals surface area (Å²) in [4.78, 5) is 20.0. The van der Waals surface area contributed by atoms with Crippen LogP contribution in [0.1, 0.15) is 17.3 Å². The van der Waals surface area contributed by atoms with Crippen LogP contribution in [0, 0.1) is 0 Å². The van der Waals surface area contributed by atoms with E-state index < -0.39 is 0 Å². The number of anilines is 1. The Hall–Kier alpha value is -1.81. The lowest BCUT2D eigenvalue weighted by molar-refractivity contribution is 0.101. The lowest BCUT2D eigenvalue weighted by atomic mass is 10.1. The SMILES string of the molecule is CC(=O)c1c(N2CCN(C)CC2)[nH]c2ccccc12. The maximum atomic E-state index is 12.0. The molecule has 0 amide bonds. The Kier molecular flexibility index (Phi) is 3.03. The monoisotopic (exact) mass is 257 g/mol. The van der Waals surface area contributed by atoms with Crippen LogP contribution in [0.4, 0.5) is 5.82 Å². The summed E-state index contributed by atoms with van der Waals surface area (Å²) in [5.74, 6) is 1.12. The zero-order valence-corrected chi connectivity index (χ0v) is 11.4. The number of ketones is 1. The molecule has 0 atom stereocenters. The van der Waals surface area contributed by atoms with E-state index in [1.165, 1.54) is 0 Å². The van der Waals surface area contributed by atoms with Crippen molar-refractivity contribution in [1.82, 2.24) is 9.88 Å². The van der Waals surface area contributed by atoms with Crippen molar-refractivity contribution in [2.24, 2.45) is 0 Å². The van der Waals surface area contributed by atoms with E-state index in [-0.39, 0.29) is 5.78 Å². The third-order valence-electron chi connectivity index (χ3n) is 3.86. The van der Waals surface area contributed by atoms with Crippen molar-refractivity contribution >= 4 is 22.5 Å². The van der Waals surface area contributed by atoms with E-state index in [2.05, 4.69) is 21.8 Å². The molecule has 4 heteroatoms. The van der Waals surface area contributed by atoms with Crippen LogP contribution in [0.15, 0.2) is 24.3 Å². The molecule has 0 spiro atoms. The Morgan fingerprint density at radius 3 is 2.53 bits per heavy atom. The van der Waals surface area contributed by atoms with Crippen LogP contribution in [0.2, 0.25) is 0 Å². The maximum absolute atomic E-state index is 12.0. The molecule has 1 aliphatic rings. The Morgan fingerprint density at radius 1 is 1.16 bits per heavy atom. The highest BCUT2D eigenvalue weighted by atomic mass is 16.1. The van der Waals surface area contributed by atoms with Crippen molar-refractivity contribution in [1.29, 1.82) is 0 Å². The number of benzene rings is 1. The molecular weight excluding hydrogens is 238 g/mol. The molecule has 19 heavy (non-hydrogen) atoms. The first-order valence-corrected chi connectivity index (χ1v) is 6.72. The number of Topliss-reactive ketones (excluding diaryl/α,β-unsaturated/α-hetero) is 1. The van der Waals surface area contributed by atoms with Gasteiger partial charge >= 0.3 is 0 Å². The van der Waals surface area contributed by atoms with Crippen LogP contribution in [0.25, 0.3) is 10.9 Å². The predicted octanol–water partition coefficient (Wildman–Crippen LogP) is 2.12. The first-order chi connectivity index (χ1) is 9.16. The summed E-state index contributed by atoms with van der Waals surface area (Å²) in [6.45, 7) is 5.64. The minimum Gasteiger partial charge on any atom is -0.355 e. The number of likely N-dealkylation sites (N-methyl/N-ethyl adjacent to an activating group) is 1. The maximum Gasteiger partial charge on any atom is 0.164 e. The van der Waals surface area contributed by atoms with Crippen molar-refractivity contribution < 1.29 is 4.79 Å². The summed E-state index contributed by atoms with van der Waals surface area (Å²) in [6, 6.07) is 8.02. The fraction of sp³-hybridized carbons (Fsp3) is 0.400. The lowest BCUT2D eigenvalue weighted by Gasteiger charge is -2.33. The molecule has 1 fully saturated rings. The van der Waals surface area contributed by atoms with Gasteiger partial charge in [0.25, 0.3) is 0 Å². The third-order valence-corrected chi connectivity index (χ3v) is 3.86. The molecule has 0 bridgehead atoms. The van der Waals surface area contributed by atoms with Gasteiger partial charge < -0.3 is 14.8 Å². The number of nitrogens with zero attached hydrogens (tertiary/aromatic N) is 2. The summed E-state index contributed by atoms with van der Waals surface area (Å²) in [5, 5.41) is 1.03. The Morgan fingerprint density at radius 2 is 1.84 bits per heavy atom. The molecule has 1 aliphatic heterocycles. The smallest absolute Gasteiger partial charge is 0.164 e. The van der Waals surface area contributed by atoms with E-state index in [0.717, 1.165) is 48.5 Å². The number of para-hydroxylation sites is 1. The number of nitrogens with one attached hydrogen (secondary N) is 1. The molecule has 100 valence electrons. The zero-order chi connectivity index (χ0) is 13.4. The Bertz CT molecular complexity index is 609. The molecule has 0 unspecified atom stereocenters. The first kappa shape index (κ1) is 12.2. The summed E-state index contributed by atoms with van der Waals surface area (Å²) in [6.07, 6.45) is 0. The van der Waals surface area contributed by atoms with Crippen molar-refractivity contribution in [3.63, 3.8) is 0 Å². The highest BCUT2D eigenvalue weighted by molar-refractivity contribution is 6.11. The second-order valence-corrected chi connectivity index (χ2v) is 5.24. The highest BCUT2D eigenvalue weighted by Crippen LogP contribution is 2.29. The third kappa shape index (κ3) is 2.12. The summed E-state index contributed by atoms with van der Waals surface area (Å²) in [5.41, 5.74) is 1.88. The number of carbonyl (C=O) groups excluding carboxylic acids is 1. The van der Waals surface area contributed by atoms with E-state index in [1.807, 2.05) is 24.3 Å². The van der Waals surface area contributed by atoms with Crippen LogP contribution < -0.4 is 4.90 Å². The van der Waals surface area contributed by atoms with Crippen molar-refractivity contribution in [3.8, 4) is 0 Å². The van der Waals surface area contributed by atoms with Gasteiger partial charge in [-0.1, -0.05) is 18.2 Å². The molecule has 4 nitrogen and oxygen atoms in total. The molecule has 0 radical (unpaired) electrons. The van der Waals surface area contributed by atoms with Crippen LogP contribution in [-0.2, 0) is 0 Å².